The van der Waals surface area contributed by atoms with Crippen molar-refractivity contribution >= 4 is 17.0 Å². The van der Waals surface area contributed by atoms with Gasteiger partial charge in [-0.15, -0.1) is 11.3 Å². The summed E-state index contributed by atoms with van der Waals surface area (Å²) in [7, 11) is 0. The molecule has 3 nitrogen and oxygen atoms in total. The number of likely N-dealkylation sites (tertiary alicyclic amines) is 1. The molecule has 2 fully saturated rings. The molecule has 0 aliphatic carbocycles. The van der Waals surface area contributed by atoms with Gasteiger partial charge in [0.1, 0.15) is 0 Å². The van der Waals surface area contributed by atoms with E-state index in [1.807, 2.05) is 23.6 Å². The van der Waals surface area contributed by atoms with Gasteiger partial charge in [-0.25, -0.2) is 8.78 Å². The van der Waals surface area contributed by atoms with Crippen LogP contribution < -0.4 is 4.90 Å². The largest absolute Gasteiger partial charge is 0.369 e. The third-order valence-corrected chi connectivity index (χ3v) is 6.23. The number of piperidine rings is 1. The lowest BCUT2D eigenvalue weighted by molar-refractivity contribution is -0.158. The predicted octanol–water partition coefficient (Wildman–Crippen LogP) is 3.88. The molecule has 0 amide bonds. The van der Waals surface area contributed by atoms with Gasteiger partial charge in [-0.2, -0.15) is 0 Å². The number of hydrogen-bond acceptors (Lipinski definition) is 4. The van der Waals surface area contributed by atoms with E-state index in [1.54, 1.807) is 23.7 Å². The maximum atomic E-state index is 14.8. The zero-order chi connectivity index (χ0) is 16.6. The van der Waals surface area contributed by atoms with E-state index < -0.39 is 11.3 Å². The van der Waals surface area contributed by atoms with Crippen LogP contribution in [0.4, 0.5) is 14.5 Å². The maximum Gasteiger partial charge on any atom is 0.257 e. The Hall–Kier alpha value is -1.53. The maximum absolute atomic E-state index is 14.8. The summed E-state index contributed by atoms with van der Waals surface area (Å²) >= 11 is 1.70. The summed E-state index contributed by atoms with van der Waals surface area (Å²) in [5.74, 6) is -2.60. The summed E-state index contributed by atoms with van der Waals surface area (Å²) in [6.07, 6.45) is 3.98. The minimum absolute atomic E-state index is 0.0424. The number of alkyl halides is 2. The molecule has 4 rings (SSSR count). The number of nitrogens with zero attached hydrogens (tertiary/aromatic N) is 3. The monoisotopic (exact) mass is 349 g/mol. The van der Waals surface area contributed by atoms with Crippen LogP contribution in [0, 0.1) is 5.41 Å². The summed E-state index contributed by atoms with van der Waals surface area (Å²) in [5.41, 5.74) is -0.00112. The number of rotatable bonds is 3. The van der Waals surface area contributed by atoms with Crippen LogP contribution in [0.1, 0.15) is 17.7 Å². The Balaban J connectivity index is 1.53. The topological polar surface area (TPSA) is 19.4 Å². The molecule has 2 aromatic heterocycles. The van der Waals surface area contributed by atoms with E-state index in [9.17, 15) is 8.78 Å². The van der Waals surface area contributed by atoms with Crippen LogP contribution in [-0.2, 0) is 6.54 Å². The van der Waals surface area contributed by atoms with Gasteiger partial charge in [0.2, 0.25) is 0 Å². The third-order valence-electron chi connectivity index (χ3n) is 5.37. The zero-order valence-electron chi connectivity index (χ0n) is 13.5. The number of hydrogen-bond donors (Lipinski definition) is 0. The van der Waals surface area contributed by atoms with Crippen molar-refractivity contribution in [1.29, 1.82) is 0 Å². The molecule has 0 aromatic carbocycles. The summed E-state index contributed by atoms with van der Waals surface area (Å²) in [5, 5.41) is 2.04. The van der Waals surface area contributed by atoms with Crippen molar-refractivity contribution in [3.63, 3.8) is 0 Å². The van der Waals surface area contributed by atoms with Gasteiger partial charge in [-0.05, 0) is 30.0 Å². The molecule has 24 heavy (non-hydrogen) atoms. The fourth-order valence-electron chi connectivity index (χ4n) is 4.01. The molecule has 2 saturated heterocycles. The second-order valence-electron chi connectivity index (χ2n) is 6.91. The van der Waals surface area contributed by atoms with E-state index in [4.69, 9.17) is 0 Å². The lowest BCUT2D eigenvalue weighted by Crippen LogP contribution is -2.56. The normalized spacial score (nSPS) is 27.0. The highest BCUT2D eigenvalue weighted by Gasteiger charge is 2.59. The van der Waals surface area contributed by atoms with E-state index in [2.05, 4.69) is 20.9 Å². The first-order valence-electron chi connectivity index (χ1n) is 8.36. The van der Waals surface area contributed by atoms with Crippen molar-refractivity contribution in [1.82, 2.24) is 9.88 Å². The molecule has 2 aromatic rings. The summed E-state index contributed by atoms with van der Waals surface area (Å²) in [6, 6.07) is 7.92. The van der Waals surface area contributed by atoms with Gasteiger partial charge in [0.15, 0.2) is 0 Å². The van der Waals surface area contributed by atoms with E-state index in [1.165, 1.54) is 4.88 Å². The van der Waals surface area contributed by atoms with Crippen molar-refractivity contribution < 1.29 is 8.78 Å². The highest BCUT2D eigenvalue weighted by Crippen LogP contribution is 2.50. The van der Waals surface area contributed by atoms with Gasteiger partial charge in [-0.1, -0.05) is 6.07 Å². The Morgan fingerprint density at radius 1 is 1.12 bits per heavy atom. The zero-order valence-corrected chi connectivity index (χ0v) is 14.3. The van der Waals surface area contributed by atoms with Crippen molar-refractivity contribution in [2.45, 2.75) is 25.3 Å². The van der Waals surface area contributed by atoms with Crippen molar-refractivity contribution in [3.8, 4) is 0 Å². The minimum atomic E-state index is -2.60. The fraction of sp³-hybridized carbons (Fsp3) is 0.500. The Bertz CT molecular complexity index is 677. The van der Waals surface area contributed by atoms with Crippen LogP contribution in [0.3, 0.4) is 0 Å². The SMILES string of the molecule is FC1(F)CCN(Cc2cccs2)C[C@]12CCN(c1cccnc1)C2. The van der Waals surface area contributed by atoms with Gasteiger partial charge in [0.25, 0.3) is 5.92 Å². The molecule has 0 saturated carbocycles. The lowest BCUT2D eigenvalue weighted by Gasteiger charge is -2.46. The first kappa shape index (κ1) is 16.0. The molecule has 0 unspecified atom stereocenters. The van der Waals surface area contributed by atoms with Crippen molar-refractivity contribution in [2.24, 2.45) is 5.41 Å². The Morgan fingerprint density at radius 2 is 2.04 bits per heavy atom. The summed E-state index contributed by atoms with van der Waals surface area (Å²) in [6.45, 7) is 2.80. The minimum Gasteiger partial charge on any atom is -0.369 e. The molecule has 128 valence electrons. The Morgan fingerprint density at radius 3 is 2.79 bits per heavy atom. The summed E-state index contributed by atoms with van der Waals surface area (Å²) in [4.78, 5) is 9.64. The first-order chi connectivity index (χ1) is 11.6. The van der Waals surface area contributed by atoms with E-state index in [-0.39, 0.29) is 6.42 Å². The van der Waals surface area contributed by atoms with Gasteiger partial charge in [-0.3, -0.25) is 9.88 Å². The number of anilines is 1. The third kappa shape index (κ3) is 2.82. The molecular weight excluding hydrogens is 328 g/mol. The number of pyridine rings is 1. The molecule has 6 heteroatoms. The predicted molar refractivity (Wildman–Crippen MR) is 92.7 cm³/mol. The van der Waals surface area contributed by atoms with Crippen LogP contribution >= 0.6 is 11.3 Å². The number of aromatic nitrogens is 1. The highest BCUT2D eigenvalue weighted by molar-refractivity contribution is 7.09. The second-order valence-corrected chi connectivity index (χ2v) is 7.94. The van der Waals surface area contributed by atoms with Crippen molar-refractivity contribution in [2.75, 3.05) is 31.1 Å². The van der Waals surface area contributed by atoms with Crippen LogP contribution in [0.25, 0.3) is 0 Å². The number of halogens is 2. The van der Waals surface area contributed by atoms with Crippen LogP contribution in [-0.4, -0.2) is 42.0 Å². The van der Waals surface area contributed by atoms with Crippen LogP contribution in [0.5, 0.6) is 0 Å². The molecule has 0 bridgehead atoms. The average molecular weight is 349 g/mol. The van der Waals surface area contributed by atoms with E-state index >= 15 is 0 Å². The molecule has 2 aliphatic heterocycles. The number of thiophene rings is 1. The van der Waals surface area contributed by atoms with E-state index in [0.717, 1.165) is 12.2 Å². The lowest BCUT2D eigenvalue weighted by atomic mass is 9.75. The average Bonchev–Trinajstić information content (AvgIpc) is 3.23. The molecular formula is C18H21F2N3S. The smallest absolute Gasteiger partial charge is 0.257 e. The van der Waals surface area contributed by atoms with Crippen molar-refractivity contribution in [3.05, 3.63) is 46.9 Å². The van der Waals surface area contributed by atoms with Gasteiger partial charge in [0.05, 0.1) is 17.3 Å². The molecule has 2 aliphatic rings. The Labute approximate surface area is 144 Å². The Kier molecular flexibility index (Phi) is 4.04. The standard InChI is InChI=1S/C18H21F2N3S/c19-18(20)6-8-22(12-16-4-2-10-24-16)13-17(18)5-9-23(14-17)15-3-1-7-21-11-15/h1-4,7,10-11H,5-6,8-9,12-14H2/t17-/m0/s1. The highest BCUT2D eigenvalue weighted by atomic mass is 32.1. The van der Waals surface area contributed by atoms with Gasteiger partial charge in [0, 0.05) is 50.2 Å². The fourth-order valence-corrected chi connectivity index (χ4v) is 4.75. The molecule has 4 heterocycles. The first-order valence-corrected chi connectivity index (χ1v) is 9.24. The second kappa shape index (κ2) is 6.08. The summed E-state index contributed by atoms with van der Waals surface area (Å²) < 4.78 is 29.7. The molecule has 0 N–H and O–H groups in total. The van der Waals surface area contributed by atoms with Crippen LogP contribution in [0.2, 0.25) is 0 Å². The van der Waals surface area contributed by atoms with Gasteiger partial charge < -0.3 is 4.90 Å². The van der Waals surface area contributed by atoms with E-state index in [0.29, 0.717) is 32.6 Å². The molecule has 0 radical (unpaired) electrons. The quantitative estimate of drug-likeness (QED) is 0.838. The molecule has 1 spiro atoms. The van der Waals surface area contributed by atoms with Crippen LogP contribution in [0.15, 0.2) is 42.0 Å². The van der Waals surface area contributed by atoms with Gasteiger partial charge >= 0.3 is 0 Å². The molecule has 1 atom stereocenters.